The summed E-state index contributed by atoms with van der Waals surface area (Å²) in [5, 5.41) is 0. The van der Waals surface area contributed by atoms with E-state index >= 15 is 0 Å². The van der Waals surface area contributed by atoms with Crippen molar-refractivity contribution < 1.29 is 52.7 Å². The largest absolute Gasteiger partial charge is 0.490 e. The van der Waals surface area contributed by atoms with Crippen LogP contribution in [-0.2, 0) is 50.0 Å². The topological polar surface area (TPSA) is 102 Å². The van der Waals surface area contributed by atoms with Crippen LogP contribution in [0.3, 0.4) is 0 Å². The maximum Gasteiger partial charge on any atom is 0.126 e. The molecule has 0 aromatic heterocycles. The number of rotatable bonds is 0. The number of hydrogen-bond acceptors (Lipinski definition) is 11. The third kappa shape index (κ3) is 11.5. The first-order valence-electron chi connectivity index (χ1n) is 22.4. The lowest BCUT2D eigenvalue weighted by Gasteiger charge is -2.23. The van der Waals surface area contributed by atoms with Gasteiger partial charge in [-0.3, -0.25) is 0 Å². The molecule has 11 heteroatoms. The minimum Gasteiger partial charge on any atom is -0.490 e. The van der Waals surface area contributed by atoms with Crippen molar-refractivity contribution in [1.82, 2.24) is 0 Å². The molecule has 0 spiro atoms. The van der Waals surface area contributed by atoms with E-state index in [1.54, 1.807) is 0 Å². The minimum atomic E-state index is 0.211. The van der Waals surface area contributed by atoms with Crippen LogP contribution in [0.1, 0.15) is 55.6 Å². The Morgan fingerprint density at radius 1 is 0.246 bits per heavy atom. The maximum atomic E-state index is 6.86. The molecule has 0 amide bonds. The first-order valence-corrected chi connectivity index (χ1v) is 22.4. The van der Waals surface area contributed by atoms with Gasteiger partial charge in [-0.2, -0.15) is 0 Å². The second kappa shape index (κ2) is 22.5. The standard InChI is InChI=1S/C54H54O11/c1-3-19-49-39(9-1)21-22-40-10-2-4-20-50(40)57-26-28-59-52-43-13-6-14-44(52)38-48-18-8-16-46-36-42-12-5-11-41(51(42)58-27-25-56-49)35-45-15-7-17-47(37-43)53(45)60-29-33-64-62-31-23-55-24-32-63-65-34-30-61-54(46)48/h1-22H,23-38H2/b22-21+. The molecule has 1 aliphatic carbocycles. The molecular formula is C54H54O11. The average Bonchev–Trinajstić information content (AvgIpc) is 3.32. The van der Waals surface area contributed by atoms with E-state index in [1.165, 1.54) is 0 Å². The highest BCUT2D eigenvalue weighted by atomic mass is 17.2. The number of para-hydroxylation sites is 6. The molecule has 0 saturated carbocycles. The van der Waals surface area contributed by atoms with Crippen LogP contribution >= 0.6 is 0 Å². The molecular weight excluding hydrogens is 825 g/mol. The van der Waals surface area contributed by atoms with Crippen LogP contribution in [0.5, 0.6) is 34.5 Å². The zero-order valence-electron chi connectivity index (χ0n) is 36.5. The molecule has 0 N–H and O–H groups in total. The summed E-state index contributed by atoms with van der Waals surface area (Å²) in [6.07, 6.45) is 6.27. The molecule has 12 bridgehead atoms. The van der Waals surface area contributed by atoms with E-state index < -0.39 is 0 Å². The molecule has 0 fully saturated rings. The molecule has 0 unspecified atom stereocenters. The summed E-state index contributed by atoms with van der Waals surface area (Å²) >= 11 is 0. The Hall–Kier alpha value is -6.34. The minimum absolute atomic E-state index is 0.211. The molecule has 0 saturated heterocycles. The van der Waals surface area contributed by atoms with Crippen molar-refractivity contribution in [2.75, 3.05) is 79.3 Å². The van der Waals surface area contributed by atoms with Gasteiger partial charge in [0.1, 0.15) is 101 Å². The first kappa shape index (κ1) is 43.9. The SMILES string of the molecule is C1=C/c2ccccc2OCCOc2c3cccc2Cc2cccc4c2OCCOOCCOCCOOCCOc2c(cccc2C3)Cc2cccc(c2OCCOc2ccccc2/1)C4. The molecule has 3 heterocycles. The van der Waals surface area contributed by atoms with Crippen LogP contribution in [0, 0.1) is 0 Å². The highest BCUT2D eigenvalue weighted by Crippen LogP contribution is 2.39. The van der Waals surface area contributed by atoms with Gasteiger partial charge in [0.2, 0.25) is 0 Å². The van der Waals surface area contributed by atoms with Gasteiger partial charge in [0, 0.05) is 36.8 Å². The molecule has 65 heavy (non-hydrogen) atoms. The van der Waals surface area contributed by atoms with Crippen LogP contribution in [0.4, 0.5) is 0 Å². The predicted octanol–water partition coefficient (Wildman–Crippen LogP) is 9.45. The summed E-state index contributed by atoms with van der Waals surface area (Å²) in [4.78, 5) is 21.9. The van der Waals surface area contributed by atoms with E-state index in [-0.39, 0.29) is 39.6 Å². The lowest BCUT2D eigenvalue weighted by molar-refractivity contribution is -0.310. The summed E-state index contributed by atoms with van der Waals surface area (Å²) in [7, 11) is 0. The van der Waals surface area contributed by atoms with Gasteiger partial charge < -0.3 is 33.2 Å². The molecule has 0 atom stereocenters. The van der Waals surface area contributed by atoms with E-state index in [9.17, 15) is 0 Å². The molecule has 0 radical (unpaired) electrons. The van der Waals surface area contributed by atoms with Crippen molar-refractivity contribution in [2.24, 2.45) is 0 Å². The third-order valence-corrected chi connectivity index (χ3v) is 11.3. The Morgan fingerprint density at radius 2 is 0.523 bits per heavy atom. The fourth-order valence-corrected chi connectivity index (χ4v) is 8.38. The monoisotopic (exact) mass is 878 g/mol. The zero-order valence-corrected chi connectivity index (χ0v) is 36.5. The van der Waals surface area contributed by atoms with Crippen molar-refractivity contribution >= 4 is 12.2 Å². The van der Waals surface area contributed by atoms with Crippen molar-refractivity contribution in [3.63, 3.8) is 0 Å². The number of benzene rings is 6. The van der Waals surface area contributed by atoms with E-state index in [2.05, 4.69) is 84.9 Å². The number of fused-ring (bicyclic) bond motifs is 6. The van der Waals surface area contributed by atoms with Crippen LogP contribution < -0.4 is 28.4 Å². The summed E-state index contributed by atoms with van der Waals surface area (Å²) in [6.45, 7) is 3.37. The third-order valence-electron chi connectivity index (χ3n) is 11.3. The highest BCUT2D eigenvalue weighted by Gasteiger charge is 2.22. The normalized spacial score (nSPS) is 17.1. The fraction of sp³-hybridized carbons (Fsp3) is 0.296. The van der Waals surface area contributed by atoms with Crippen molar-refractivity contribution in [3.8, 4) is 34.5 Å². The first-order chi connectivity index (χ1) is 32.3. The van der Waals surface area contributed by atoms with E-state index in [0.29, 0.717) is 65.3 Å². The Balaban J connectivity index is 1.18. The summed E-state index contributed by atoms with van der Waals surface area (Å²) < 4.78 is 45.6. The zero-order chi connectivity index (χ0) is 43.9. The molecule has 336 valence electrons. The Kier molecular flexibility index (Phi) is 15.2. The molecule has 4 aliphatic rings. The van der Waals surface area contributed by atoms with Crippen molar-refractivity contribution in [1.29, 1.82) is 0 Å². The van der Waals surface area contributed by atoms with Gasteiger partial charge in [-0.25, -0.2) is 19.6 Å². The molecule has 11 nitrogen and oxygen atoms in total. The lowest BCUT2D eigenvalue weighted by atomic mass is 9.91. The molecule has 10 rings (SSSR count). The Morgan fingerprint density at radius 3 is 0.862 bits per heavy atom. The summed E-state index contributed by atoms with van der Waals surface area (Å²) in [6, 6.07) is 41.4. The van der Waals surface area contributed by atoms with Gasteiger partial charge in [0.05, 0.1) is 13.2 Å². The number of ether oxygens (including phenoxy) is 7. The fourth-order valence-electron chi connectivity index (χ4n) is 8.38. The van der Waals surface area contributed by atoms with E-state index in [0.717, 1.165) is 90.1 Å². The average molecular weight is 879 g/mol. The second-order valence-electron chi connectivity index (χ2n) is 15.7. The quantitative estimate of drug-likeness (QED) is 0.136. The van der Waals surface area contributed by atoms with Gasteiger partial charge >= 0.3 is 0 Å². The highest BCUT2D eigenvalue weighted by molar-refractivity contribution is 5.75. The Bertz CT molecular complexity index is 2280. The molecule has 6 aromatic rings. The van der Waals surface area contributed by atoms with Crippen LogP contribution in [-0.4, -0.2) is 79.3 Å². The van der Waals surface area contributed by atoms with Gasteiger partial charge in [-0.15, -0.1) is 0 Å². The van der Waals surface area contributed by atoms with Crippen molar-refractivity contribution in [2.45, 2.75) is 25.7 Å². The number of hydrogen-bond donors (Lipinski definition) is 0. The molecule has 6 aromatic carbocycles. The van der Waals surface area contributed by atoms with Crippen LogP contribution in [0.15, 0.2) is 121 Å². The van der Waals surface area contributed by atoms with Crippen molar-refractivity contribution in [3.05, 3.63) is 177 Å². The maximum absolute atomic E-state index is 6.86. The summed E-state index contributed by atoms with van der Waals surface area (Å²) in [5.41, 5.74) is 9.98. The predicted molar refractivity (Wildman–Crippen MR) is 246 cm³/mol. The Labute approximate surface area is 380 Å². The van der Waals surface area contributed by atoms with Crippen LogP contribution in [0.2, 0.25) is 0 Å². The van der Waals surface area contributed by atoms with Gasteiger partial charge in [0.25, 0.3) is 0 Å². The van der Waals surface area contributed by atoms with E-state index in [4.69, 9.17) is 52.7 Å². The lowest BCUT2D eigenvalue weighted by Crippen LogP contribution is -2.15. The summed E-state index contributed by atoms with van der Waals surface area (Å²) in [5.74, 6) is 4.66. The smallest absolute Gasteiger partial charge is 0.126 e. The van der Waals surface area contributed by atoms with Gasteiger partial charge in [0.15, 0.2) is 0 Å². The molecule has 3 aliphatic heterocycles. The second-order valence-corrected chi connectivity index (χ2v) is 15.7. The van der Waals surface area contributed by atoms with E-state index in [1.807, 2.05) is 48.5 Å². The van der Waals surface area contributed by atoms with Gasteiger partial charge in [-0.1, -0.05) is 121 Å². The van der Waals surface area contributed by atoms with Gasteiger partial charge in [-0.05, 0) is 56.6 Å². The van der Waals surface area contributed by atoms with Crippen LogP contribution in [0.25, 0.3) is 12.2 Å².